The minimum Gasteiger partial charge on any atom is -0.448 e. The topological polar surface area (TPSA) is 106 Å². The van der Waals surface area contributed by atoms with Gasteiger partial charge >= 0.3 is 12.1 Å². The van der Waals surface area contributed by atoms with Crippen LogP contribution >= 0.6 is 27.3 Å². The van der Waals surface area contributed by atoms with Gasteiger partial charge in [0.05, 0.1) is 22.8 Å². The van der Waals surface area contributed by atoms with Crippen LogP contribution in [0.15, 0.2) is 27.6 Å². The van der Waals surface area contributed by atoms with Crippen LogP contribution in [0.1, 0.15) is 84.3 Å². The van der Waals surface area contributed by atoms with Gasteiger partial charge in [0.15, 0.2) is 0 Å². The summed E-state index contributed by atoms with van der Waals surface area (Å²) in [5.41, 5.74) is 1.06. The Hall–Kier alpha value is -2.48. The fourth-order valence-corrected chi connectivity index (χ4v) is 5.14. The molecule has 0 saturated carbocycles. The summed E-state index contributed by atoms with van der Waals surface area (Å²) < 4.78 is 11.7. The first-order valence-corrected chi connectivity index (χ1v) is 14.2. The lowest BCUT2D eigenvalue weighted by Gasteiger charge is -2.40. The molecule has 1 aromatic heterocycles. The molecule has 38 heavy (non-hydrogen) atoms. The Kier molecular flexibility index (Phi) is 11.7. The van der Waals surface area contributed by atoms with E-state index in [1.165, 1.54) is 16.2 Å². The third-order valence-corrected chi connectivity index (χ3v) is 6.65. The zero-order valence-corrected chi connectivity index (χ0v) is 25.4. The molecule has 1 saturated heterocycles. The van der Waals surface area contributed by atoms with E-state index in [0.29, 0.717) is 25.7 Å². The Morgan fingerprint density at radius 3 is 2.61 bits per heavy atom. The molecule has 0 bridgehead atoms. The van der Waals surface area contributed by atoms with Crippen LogP contribution in [-0.4, -0.2) is 56.8 Å². The van der Waals surface area contributed by atoms with E-state index in [1.807, 2.05) is 26.2 Å². The van der Waals surface area contributed by atoms with Crippen molar-refractivity contribution >= 4 is 45.2 Å². The van der Waals surface area contributed by atoms with E-state index in [9.17, 15) is 19.5 Å². The summed E-state index contributed by atoms with van der Waals surface area (Å²) in [6.07, 6.45) is 3.52. The fourth-order valence-electron chi connectivity index (χ4n) is 3.88. The fraction of sp³-hybridized carbons (Fsp3) is 0.571. The number of halogens is 1. The van der Waals surface area contributed by atoms with Crippen LogP contribution < -0.4 is 0 Å². The van der Waals surface area contributed by atoms with Crippen molar-refractivity contribution in [3.8, 4) is 11.8 Å². The summed E-state index contributed by atoms with van der Waals surface area (Å²) in [4.78, 5) is 42.7. The van der Waals surface area contributed by atoms with Gasteiger partial charge in [-0.2, -0.15) is 0 Å². The van der Waals surface area contributed by atoms with Gasteiger partial charge in [0.2, 0.25) is 5.91 Å². The molecule has 10 heteroatoms. The number of allylic oxidation sites excluding steroid dienone is 2. The SMILES string of the molecule is C/C(Br)=C\[C@@H](Cc1nc([C@@H](C)C[C@@H]2CC(=O)N2C(=O)OC(C)(C)C)cs1)OC(=O)C#C/C=C(\C)C[C@H](C)O. The van der Waals surface area contributed by atoms with Crippen LogP contribution in [-0.2, 0) is 25.5 Å². The molecule has 2 rings (SSSR count). The summed E-state index contributed by atoms with van der Waals surface area (Å²) in [6, 6.07) is -0.220. The number of rotatable bonds is 9. The number of esters is 1. The summed E-state index contributed by atoms with van der Waals surface area (Å²) in [5.74, 6) is 4.28. The van der Waals surface area contributed by atoms with Crippen molar-refractivity contribution in [1.82, 2.24) is 9.88 Å². The number of amides is 2. The van der Waals surface area contributed by atoms with Crippen molar-refractivity contribution in [1.29, 1.82) is 0 Å². The van der Waals surface area contributed by atoms with Crippen LogP contribution in [0.5, 0.6) is 0 Å². The number of hydrogen-bond donors (Lipinski definition) is 1. The van der Waals surface area contributed by atoms with E-state index in [4.69, 9.17) is 14.5 Å². The van der Waals surface area contributed by atoms with E-state index in [1.54, 1.807) is 39.8 Å². The lowest BCUT2D eigenvalue weighted by molar-refractivity contribution is -0.144. The zero-order chi connectivity index (χ0) is 28.6. The molecule has 1 fully saturated rings. The van der Waals surface area contributed by atoms with Crippen molar-refractivity contribution in [3.05, 3.63) is 38.3 Å². The van der Waals surface area contributed by atoms with Gasteiger partial charge in [-0.25, -0.2) is 19.5 Å². The third kappa shape index (κ3) is 10.7. The molecular weight excluding hydrogens is 572 g/mol. The summed E-state index contributed by atoms with van der Waals surface area (Å²) in [5, 5.41) is 12.2. The van der Waals surface area contributed by atoms with Crippen LogP contribution in [0.25, 0.3) is 0 Å². The number of carbonyl (C=O) groups is 3. The predicted octanol–water partition coefficient (Wildman–Crippen LogP) is 5.65. The predicted molar refractivity (Wildman–Crippen MR) is 151 cm³/mol. The lowest BCUT2D eigenvalue weighted by atomic mass is 9.91. The maximum Gasteiger partial charge on any atom is 0.417 e. The highest BCUT2D eigenvalue weighted by atomic mass is 79.9. The molecule has 0 radical (unpaired) electrons. The number of aliphatic hydroxyl groups is 1. The van der Waals surface area contributed by atoms with E-state index < -0.39 is 29.9 Å². The molecule has 0 aliphatic carbocycles. The Balaban J connectivity index is 2.01. The first-order chi connectivity index (χ1) is 17.6. The molecule has 4 atom stereocenters. The zero-order valence-electron chi connectivity index (χ0n) is 23.0. The van der Waals surface area contributed by atoms with Gasteiger partial charge in [0.25, 0.3) is 0 Å². The summed E-state index contributed by atoms with van der Waals surface area (Å²) in [6.45, 7) is 12.7. The molecule has 8 nitrogen and oxygen atoms in total. The van der Waals surface area contributed by atoms with Crippen molar-refractivity contribution in [2.75, 3.05) is 0 Å². The normalized spacial score (nSPS) is 18.6. The first kappa shape index (κ1) is 31.7. The summed E-state index contributed by atoms with van der Waals surface area (Å²) in [7, 11) is 0. The van der Waals surface area contributed by atoms with Crippen LogP contribution in [0, 0.1) is 11.8 Å². The molecule has 1 aromatic rings. The van der Waals surface area contributed by atoms with Crippen molar-refractivity contribution in [2.45, 2.75) is 104 Å². The monoisotopic (exact) mass is 608 g/mol. The van der Waals surface area contributed by atoms with Gasteiger partial charge in [0, 0.05) is 30.1 Å². The van der Waals surface area contributed by atoms with Crippen molar-refractivity contribution in [3.63, 3.8) is 0 Å². The average molecular weight is 610 g/mol. The van der Waals surface area contributed by atoms with Crippen LogP contribution in [0.2, 0.25) is 0 Å². The van der Waals surface area contributed by atoms with Crippen LogP contribution in [0.4, 0.5) is 4.79 Å². The van der Waals surface area contributed by atoms with Crippen molar-refractivity contribution < 1.29 is 29.0 Å². The number of aliphatic hydroxyl groups excluding tert-OH is 1. The molecule has 1 aliphatic rings. The number of likely N-dealkylation sites (tertiary alicyclic amines) is 1. The van der Waals surface area contributed by atoms with Gasteiger partial charge < -0.3 is 14.6 Å². The number of imide groups is 1. The lowest BCUT2D eigenvalue weighted by Crippen LogP contribution is -2.57. The maximum atomic E-state index is 12.4. The Morgan fingerprint density at radius 1 is 1.34 bits per heavy atom. The number of carbonyl (C=O) groups excluding carboxylic acids is 3. The molecule has 208 valence electrons. The van der Waals surface area contributed by atoms with Crippen molar-refractivity contribution in [2.24, 2.45) is 0 Å². The van der Waals surface area contributed by atoms with E-state index in [2.05, 4.69) is 27.8 Å². The quantitative estimate of drug-likeness (QED) is 0.167. The summed E-state index contributed by atoms with van der Waals surface area (Å²) >= 11 is 4.86. The molecule has 0 aromatic carbocycles. The number of nitrogens with zero attached hydrogens (tertiary/aromatic N) is 2. The minimum absolute atomic E-state index is 0.0139. The van der Waals surface area contributed by atoms with Gasteiger partial charge in [0.1, 0.15) is 11.7 Å². The van der Waals surface area contributed by atoms with Gasteiger partial charge in [-0.05, 0) is 71.0 Å². The largest absolute Gasteiger partial charge is 0.448 e. The van der Waals surface area contributed by atoms with Gasteiger partial charge in [-0.1, -0.05) is 34.3 Å². The van der Waals surface area contributed by atoms with E-state index >= 15 is 0 Å². The van der Waals surface area contributed by atoms with E-state index in [-0.39, 0.29) is 17.9 Å². The minimum atomic E-state index is -0.672. The number of aromatic nitrogens is 1. The maximum absolute atomic E-state index is 12.4. The highest BCUT2D eigenvalue weighted by Gasteiger charge is 2.43. The Labute approximate surface area is 237 Å². The smallest absolute Gasteiger partial charge is 0.417 e. The molecule has 1 aliphatic heterocycles. The third-order valence-electron chi connectivity index (χ3n) is 5.49. The number of ether oxygens (including phenoxy) is 2. The average Bonchev–Trinajstić information content (AvgIpc) is 3.19. The standard InChI is InChI=1S/C28H37BrN2O6S/c1-17(11-20(4)32)9-8-10-26(34)36-22(13-19(3)29)15-24-30-23(16-38-24)18(2)12-21-14-25(33)31(21)27(35)37-28(5,6)7/h9,13,16,18,20-22,32H,11-12,14-15H2,1-7H3/b17-9+,19-13+/t18-,20-,21+,22-/m0/s1. The van der Waals surface area contributed by atoms with E-state index in [0.717, 1.165) is 20.8 Å². The molecule has 0 spiro atoms. The highest BCUT2D eigenvalue weighted by Crippen LogP contribution is 2.32. The second-order valence-corrected chi connectivity index (χ2v) is 12.8. The number of β-lactam (4-membered cyclic amide) rings is 1. The Morgan fingerprint density at radius 2 is 2.03 bits per heavy atom. The molecule has 2 heterocycles. The Bertz CT molecular complexity index is 1130. The second-order valence-electron chi connectivity index (χ2n) is 10.6. The molecule has 2 amide bonds. The molecule has 0 unspecified atom stereocenters. The number of hydrogen-bond acceptors (Lipinski definition) is 8. The van der Waals surface area contributed by atoms with Gasteiger partial charge in [-0.15, -0.1) is 11.3 Å². The number of thiazole rings is 1. The molecular formula is C28H37BrN2O6S. The highest BCUT2D eigenvalue weighted by molar-refractivity contribution is 9.11. The molecule has 1 N–H and O–H groups in total. The van der Waals surface area contributed by atoms with Gasteiger partial charge in [-0.3, -0.25) is 4.79 Å². The second kappa shape index (κ2) is 14.1. The van der Waals surface area contributed by atoms with Crippen LogP contribution in [0.3, 0.4) is 0 Å². The first-order valence-electron chi connectivity index (χ1n) is 12.5.